The molecule has 0 heterocycles. The van der Waals surface area contributed by atoms with Crippen LogP contribution in [0.5, 0.6) is 0 Å². The molecule has 0 bridgehead atoms. The second kappa shape index (κ2) is 21.3. The zero-order chi connectivity index (χ0) is 18.4. The molecule has 0 N–H and O–H groups in total. The molecule has 0 aromatic carbocycles. The molecule has 148 valence electrons. The maximum atomic E-state index is 11.0. The number of methoxy groups -OCH3 is 1. The van der Waals surface area contributed by atoms with Crippen LogP contribution < -0.4 is 0 Å². The van der Waals surface area contributed by atoms with Gasteiger partial charge >= 0.3 is 5.97 Å². The largest absolute Gasteiger partial charge is 0.469 e. The summed E-state index contributed by atoms with van der Waals surface area (Å²) in [4.78, 5) is 11.0. The maximum absolute atomic E-state index is 11.0. The number of rotatable bonds is 19. The molecule has 25 heavy (non-hydrogen) atoms. The third-order valence-corrected chi connectivity index (χ3v) is 4.87. The van der Waals surface area contributed by atoms with Crippen LogP contribution in [-0.2, 0) is 9.53 Å². The fourth-order valence-electron chi connectivity index (χ4n) is 3.15. The number of hydrogen-bond donors (Lipinski definition) is 0. The van der Waals surface area contributed by atoms with Crippen molar-refractivity contribution in [1.82, 2.24) is 0 Å². The summed E-state index contributed by atoms with van der Waals surface area (Å²) in [5.74, 6) is -0.0685. The van der Waals surface area contributed by atoms with Crippen LogP contribution in [0.1, 0.15) is 122 Å². The third kappa shape index (κ3) is 21.2. The highest BCUT2D eigenvalue weighted by atomic mass is 16.5. The number of carbonyl (C=O) groups excluding carboxylic acids is 1. The summed E-state index contributed by atoms with van der Waals surface area (Å²) < 4.78 is 4.64. The van der Waals surface area contributed by atoms with Crippen LogP contribution in [0.2, 0.25) is 0 Å². The monoisotopic (exact) mass is 352 g/mol. The van der Waals surface area contributed by atoms with E-state index in [1.165, 1.54) is 110 Å². The predicted molar refractivity (Wildman–Crippen MR) is 110 cm³/mol. The van der Waals surface area contributed by atoms with Gasteiger partial charge in [-0.25, -0.2) is 0 Å². The van der Waals surface area contributed by atoms with E-state index < -0.39 is 0 Å². The topological polar surface area (TPSA) is 26.3 Å². The highest BCUT2D eigenvalue weighted by Gasteiger charge is 1.99. The van der Waals surface area contributed by atoms with Crippen molar-refractivity contribution in [2.24, 2.45) is 0 Å². The van der Waals surface area contributed by atoms with Crippen LogP contribution in [0.25, 0.3) is 0 Å². The van der Waals surface area contributed by atoms with Crippen LogP contribution in [0.4, 0.5) is 0 Å². The average molecular weight is 353 g/mol. The Balaban J connectivity index is 3.08. The van der Waals surface area contributed by atoms with Crippen molar-refractivity contribution in [2.45, 2.75) is 122 Å². The minimum absolute atomic E-state index is 0.0685. The van der Waals surface area contributed by atoms with Gasteiger partial charge in [0, 0.05) is 6.42 Å². The highest BCUT2D eigenvalue weighted by molar-refractivity contribution is 5.68. The Kier molecular flexibility index (Phi) is 20.6. The van der Waals surface area contributed by atoms with Crippen LogP contribution in [-0.4, -0.2) is 13.1 Å². The van der Waals surface area contributed by atoms with E-state index in [0.29, 0.717) is 6.42 Å². The van der Waals surface area contributed by atoms with E-state index in [2.05, 4.69) is 23.8 Å². The lowest BCUT2D eigenvalue weighted by Gasteiger charge is -2.02. The zero-order valence-corrected chi connectivity index (χ0v) is 17.2. The van der Waals surface area contributed by atoms with E-state index in [9.17, 15) is 4.79 Å². The number of carbonyl (C=O) groups is 1. The van der Waals surface area contributed by atoms with Gasteiger partial charge in [-0.1, -0.05) is 96.1 Å². The van der Waals surface area contributed by atoms with Gasteiger partial charge in [0.25, 0.3) is 0 Å². The summed E-state index contributed by atoms with van der Waals surface area (Å²) >= 11 is 0. The lowest BCUT2D eigenvalue weighted by atomic mass is 10.1. The number of esters is 1. The molecule has 2 heteroatoms. The minimum Gasteiger partial charge on any atom is -0.469 e. The van der Waals surface area contributed by atoms with E-state index in [4.69, 9.17) is 0 Å². The molecular formula is C23H44O2. The Morgan fingerprint density at radius 3 is 1.48 bits per heavy atom. The van der Waals surface area contributed by atoms with E-state index in [1.807, 2.05) is 0 Å². The number of hydrogen-bond acceptors (Lipinski definition) is 2. The van der Waals surface area contributed by atoms with Crippen molar-refractivity contribution in [3.63, 3.8) is 0 Å². The molecule has 0 aliphatic rings. The Morgan fingerprint density at radius 1 is 0.640 bits per heavy atom. The van der Waals surface area contributed by atoms with Gasteiger partial charge in [-0.15, -0.1) is 0 Å². The molecule has 0 aromatic rings. The molecule has 0 saturated heterocycles. The van der Waals surface area contributed by atoms with Gasteiger partial charge in [0.15, 0.2) is 0 Å². The first-order valence-corrected chi connectivity index (χ1v) is 11.0. The van der Waals surface area contributed by atoms with Crippen LogP contribution >= 0.6 is 0 Å². The maximum Gasteiger partial charge on any atom is 0.305 e. The standard InChI is InChI=1S/C23H44O2/c1-3-4-5-6-7-8-9-10-11-12-13-14-15-16-17-18-19-20-21-22-23(24)25-2/h10-11H,3-9,12-22H2,1-2H3/b11-10-. The fraction of sp³-hybridized carbons (Fsp3) is 0.870. The van der Waals surface area contributed by atoms with E-state index in [1.54, 1.807) is 0 Å². The molecule has 0 saturated carbocycles. The Morgan fingerprint density at radius 2 is 1.04 bits per heavy atom. The van der Waals surface area contributed by atoms with Crippen molar-refractivity contribution in [1.29, 1.82) is 0 Å². The second-order valence-corrected chi connectivity index (χ2v) is 7.32. The summed E-state index contributed by atoms with van der Waals surface area (Å²) in [6.07, 6.45) is 27.9. The molecule has 0 amide bonds. The lowest BCUT2D eigenvalue weighted by molar-refractivity contribution is -0.140. The van der Waals surface area contributed by atoms with Crippen LogP contribution in [0.3, 0.4) is 0 Å². The molecule has 0 rings (SSSR count). The molecular weight excluding hydrogens is 308 g/mol. The minimum atomic E-state index is -0.0685. The van der Waals surface area contributed by atoms with Crippen molar-refractivity contribution in [3.8, 4) is 0 Å². The first-order chi connectivity index (χ1) is 12.3. The van der Waals surface area contributed by atoms with Gasteiger partial charge in [0.2, 0.25) is 0 Å². The van der Waals surface area contributed by atoms with Gasteiger partial charge in [0.05, 0.1) is 7.11 Å². The van der Waals surface area contributed by atoms with E-state index in [0.717, 1.165) is 6.42 Å². The SMILES string of the molecule is CCCCCCCC/C=C\CCCCCCCCCCCC(=O)OC. The molecule has 0 unspecified atom stereocenters. The molecule has 0 atom stereocenters. The molecule has 0 radical (unpaired) electrons. The Hall–Kier alpha value is -0.790. The highest BCUT2D eigenvalue weighted by Crippen LogP contribution is 2.12. The van der Waals surface area contributed by atoms with Gasteiger partial charge in [-0.05, 0) is 32.1 Å². The van der Waals surface area contributed by atoms with Crippen LogP contribution in [0.15, 0.2) is 12.2 Å². The van der Waals surface area contributed by atoms with Crippen LogP contribution in [0, 0.1) is 0 Å². The predicted octanol–water partition coefficient (Wildman–Crippen LogP) is 7.76. The van der Waals surface area contributed by atoms with Crippen molar-refractivity contribution < 1.29 is 9.53 Å². The molecule has 0 aliphatic carbocycles. The number of allylic oxidation sites excluding steroid dienone is 2. The fourth-order valence-corrected chi connectivity index (χ4v) is 3.15. The summed E-state index contributed by atoms with van der Waals surface area (Å²) in [6, 6.07) is 0. The molecule has 2 nitrogen and oxygen atoms in total. The van der Waals surface area contributed by atoms with Gasteiger partial charge in [-0.2, -0.15) is 0 Å². The normalized spacial score (nSPS) is 11.3. The van der Waals surface area contributed by atoms with Gasteiger partial charge < -0.3 is 4.74 Å². The average Bonchev–Trinajstić information content (AvgIpc) is 2.63. The Labute approximate surface area is 157 Å². The first-order valence-electron chi connectivity index (χ1n) is 11.0. The van der Waals surface area contributed by atoms with E-state index in [-0.39, 0.29) is 5.97 Å². The lowest BCUT2D eigenvalue weighted by Crippen LogP contribution is -1.99. The molecule has 0 aliphatic heterocycles. The van der Waals surface area contributed by atoms with Crippen molar-refractivity contribution in [2.75, 3.05) is 7.11 Å². The smallest absolute Gasteiger partial charge is 0.305 e. The summed E-state index contributed by atoms with van der Waals surface area (Å²) in [5.41, 5.74) is 0. The van der Waals surface area contributed by atoms with Gasteiger partial charge in [-0.3, -0.25) is 4.79 Å². The number of ether oxygens (including phenoxy) is 1. The Bertz CT molecular complexity index is 296. The summed E-state index contributed by atoms with van der Waals surface area (Å²) in [6.45, 7) is 2.28. The third-order valence-electron chi connectivity index (χ3n) is 4.87. The van der Waals surface area contributed by atoms with Gasteiger partial charge in [0.1, 0.15) is 0 Å². The molecule has 0 fully saturated rings. The number of unbranched alkanes of at least 4 members (excludes halogenated alkanes) is 15. The zero-order valence-electron chi connectivity index (χ0n) is 17.2. The van der Waals surface area contributed by atoms with Crippen molar-refractivity contribution >= 4 is 5.97 Å². The summed E-state index contributed by atoms with van der Waals surface area (Å²) in [7, 11) is 1.47. The van der Waals surface area contributed by atoms with E-state index >= 15 is 0 Å². The summed E-state index contributed by atoms with van der Waals surface area (Å²) in [5, 5.41) is 0. The molecule has 0 aromatic heterocycles. The molecule has 0 spiro atoms. The quantitative estimate of drug-likeness (QED) is 0.135. The second-order valence-electron chi connectivity index (χ2n) is 7.32. The first kappa shape index (κ1) is 24.2. The van der Waals surface area contributed by atoms with Crippen molar-refractivity contribution in [3.05, 3.63) is 12.2 Å².